The third-order valence-electron chi connectivity index (χ3n) is 4.01. The summed E-state index contributed by atoms with van der Waals surface area (Å²) >= 11 is 0. The zero-order chi connectivity index (χ0) is 13.4. The summed E-state index contributed by atoms with van der Waals surface area (Å²) < 4.78 is 0. The lowest BCUT2D eigenvalue weighted by molar-refractivity contribution is 0.112. The number of benzene rings is 1. The number of pyridine rings is 1. The van der Waals surface area contributed by atoms with Gasteiger partial charge in [0.05, 0.1) is 11.1 Å². The summed E-state index contributed by atoms with van der Waals surface area (Å²) in [6.45, 7) is 3.25. The van der Waals surface area contributed by atoms with Gasteiger partial charge in [0.15, 0.2) is 6.29 Å². The highest BCUT2D eigenvalue weighted by atomic mass is 16.1. The van der Waals surface area contributed by atoms with Gasteiger partial charge in [-0.2, -0.15) is 0 Å². The molecule has 0 bridgehead atoms. The van der Waals surface area contributed by atoms with E-state index in [9.17, 15) is 4.79 Å². The van der Waals surface area contributed by atoms with Crippen LogP contribution in [0.5, 0.6) is 0 Å². The summed E-state index contributed by atoms with van der Waals surface area (Å²) in [4.78, 5) is 18.0. The Morgan fingerprint density at radius 3 is 2.84 bits per heavy atom. The molecule has 0 radical (unpaired) electrons. The molecule has 1 heterocycles. The van der Waals surface area contributed by atoms with Crippen LogP contribution in [-0.4, -0.2) is 24.9 Å². The number of nitrogens with zero attached hydrogens (tertiary/aromatic N) is 2. The Kier molecular flexibility index (Phi) is 2.97. The molecule has 1 fully saturated rings. The maximum Gasteiger partial charge on any atom is 0.153 e. The number of fused-ring (bicyclic) bond motifs is 1. The zero-order valence-corrected chi connectivity index (χ0v) is 11.3. The number of aromatic nitrogens is 1. The second-order valence-electron chi connectivity index (χ2n) is 5.57. The van der Waals surface area contributed by atoms with E-state index >= 15 is 0 Å². The summed E-state index contributed by atoms with van der Waals surface area (Å²) in [6, 6.07) is 9.84. The van der Waals surface area contributed by atoms with E-state index in [2.05, 4.69) is 16.8 Å². The van der Waals surface area contributed by atoms with Gasteiger partial charge >= 0.3 is 0 Å². The van der Waals surface area contributed by atoms with Crippen molar-refractivity contribution in [2.24, 2.45) is 11.8 Å². The van der Waals surface area contributed by atoms with Crippen LogP contribution < -0.4 is 4.90 Å². The van der Waals surface area contributed by atoms with Crippen molar-refractivity contribution in [1.29, 1.82) is 0 Å². The van der Waals surface area contributed by atoms with E-state index < -0.39 is 0 Å². The number of aldehydes is 1. The maximum atomic E-state index is 11.3. The van der Waals surface area contributed by atoms with E-state index in [-0.39, 0.29) is 0 Å². The van der Waals surface area contributed by atoms with Gasteiger partial charge in [-0.1, -0.05) is 25.1 Å². The lowest BCUT2D eigenvalue weighted by Crippen LogP contribution is -2.23. The van der Waals surface area contributed by atoms with Crippen molar-refractivity contribution in [1.82, 2.24) is 4.98 Å². The maximum absolute atomic E-state index is 11.3. The van der Waals surface area contributed by atoms with E-state index in [4.69, 9.17) is 0 Å². The lowest BCUT2D eigenvalue weighted by Gasteiger charge is -2.20. The van der Waals surface area contributed by atoms with E-state index in [1.54, 1.807) is 0 Å². The van der Waals surface area contributed by atoms with Gasteiger partial charge in [-0.15, -0.1) is 0 Å². The molecule has 3 rings (SSSR count). The minimum atomic E-state index is 0.675. The van der Waals surface area contributed by atoms with Gasteiger partial charge in [0.1, 0.15) is 5.82 Å². The van der Waals surface area contributed by atoms with E-state index in [1.807, 2.05) is 37.4 Å². The van der Waals surface area contributed by atoms with Crippen molar-refractivity contribution < 1.29 is 4.79 Å². The SMILES string of the molecule is CC1CC1CN(C)c1nc2ccccc2cc1C=O. The van der Waals surface area contributed by atoms with Crippen molar-refractivity contribution in [3.05, 3.63) is 35.9 Å². The lowest BCUT2D eigenvalue weighted by atomic mass is 10.1. The van der Waals surface area contributed by atoms with Crippen LogP contribution in [0.1, 0.15) is 23.7 Å². The van der Waals surface area contributed by atoms with Crippen LogP contribution in [0.4, 0.5) is 5.82 Å². The summed E-state index contributed by atoms with van der Waals surface area (Å²) in [6.07, 6.45) is 2.19. The molecule has 0 spiro atoms. The quantitative estimate of drug-likeness (QED) is 0.786. The predicted molar refractivity (Wildman–Crippen MR) is 77.7 cm³/mol. The largest absolute Gasteiger partial charge is 0.359 e. The number of carbonyl (C=O) groups is 1. The standard InChI is InChI=1S/C16H18N2O/c1-11-7-13(11)9-18(2)16-14(10-19)8-12-5-3-4-6-15(12)17-16/h3-6,8,10-11,13H,7,9H2,1-2H3. The van der Waals surface area contributed by atoms with E-state index in [0.717, 1.165) is 41.4 Å². The molecular weight excluding hydrogens is 236 g/mol. The summed E-state index contributed by atoms with van der Waals surface area (Å²) in [5.74, 6) is 2.35. The number of hydrogen-bond donors (Lipinski definition) is 0. The van der Waals surface area contributed by atoms with Gasteiger partial charge in [0.25, 0.3) is 0 Å². The highest BCUT2D eigenvalue weighted by Crippen LogP contribution is 2.38. The Morgan fingerprint density at radius 1 is 1.42 bits per heavy atom. The molecule has 1 aliphatic carbocycles. The number of hydrogen-bond acceptors (Lipinski definition) is 3. The van der Waals surface area contributed by atoms with Crippen molar-refractivity contribution in [2.45, 2.75) is 13.3 Å². The molecule has 0 N–H and O–H groups in total. The zero-order valence-electron chi connectivity index (χ0n) is 11.3. The highest BCUT2D eigenvalue weighted by Gasteiger charge is 2.33. The van der Waals surface area contributed by atoms with Crippen LogP contribution >= 0.6 is 0 Å². The highest BCUT2D eigenvalue weighted by molar-refractivity contribution is 5.91. The van der Waals surface area contributed by atoms with Crippen LogP contribution in [0.3, 0.4) is 0 Å². The molecule has 2 atom stereocenters. The van der Waals surface area contributed by atoms with Crippen LogP contribution in [0.15, 0.2) is 30.3 Å². The molecule has 2 aromatic rings. The Hall–Kier alpha value is -1.90. The summed E-state index contributed by atoms with van der Waals surface area (Å²) in [5.41, 5.74) is 1.62. The van der Waals surface area contributed by atoms with Crippen molar-refractivity contribution in [3.63, 3.8) is 0 Å². The normalized spacial score (nSPS) is 21.4. The number of anilines is 1. The minimum Gasteiger partial charge on any atom is -0.359 e. The predicted octanol–water partition coefficient (Wildman–Crippen LogP) is 3.14. The molecule has 0 saturated heterocycles. The Labute approximate surface area is 113 Å². The number of para-hydroxylation sites is 1. The molecular formula is C16H18N2O. The molecule has 1 aliphatic rings. The first kappa shape index (κ1) is 12.2. The molecule has 1 aromatic heterocycles. The minimum absolute atomic E-state index is 0.675. The molecule has 0 aliphatic heterocycles. The second-order valence-corrected chi connectivity index (χ2v) is 5.57. The van der Waals surface area contributed by atoms with Gasteiger partial charge in [-0.05, 0) is 30.4 Å². The topological polar surface area (TPSA) is 33.2 Å². The van der Waals surface area contributed by atoms with Gasteiger partial charge in [-0.3, -0.25) is 4.79 Å². The van der Waals surface area contributed by atoms with E-state index in [1.165, 1.54) is 6.42 Å². The van der Waals surface area contributed by atoms with Crippen LogP contribution in [0.25, 0.3) is 10.9 Å². The first-order valence-corrected chi connectivity index (χ1v) is 6.75. The van der Waals surface area contributed by atoms with Crippen LogP contribution in [0, 0.1) is 11.8 Å². The summed E-state index contributed by atoms with van der Waals surface area (Å²) in [7, 11) is 2.02. The molecule has 98 valence electrons. The number of carbonyl (C=O) groups excluding carboxylic acids is 1. The van der Waals surface area contributed by atoms with E-state index in [0.29, 0.717) is 5.56 Å². The Morgan fingerprint density at radius 2 is 2.16 bits per heavy atom. The van der Waals surface area contributed by atoms with Crippen LogP contribution in [0.2, 0.25) is 0 Å². The molecule has 19 heavy (non-hydrogen) atoms. The first-order chi connectivity index (χ1) is 9.19. The fraction of sp³-hybridized carbons (Fsp3) is 0.375. The average molecular weight is 254 g/mol. The van der Waals surface area contributed by atoms with Crippen LogP contribution in [-0.2, 0) is 0 Å². The fourth-order valence-corrected chi connectivity index (χ4v) is 2.61. The van der Waals surface area contributed by atoms with Crippen molar-refractivity contribution in [3.8, 4) is 0 Å². The first-order valence-electron chi connectivity index (χ1n) is 6.75. The molecule has 1 saturated carbocycles. The molecule has 0 amide bonds. The van der Waals surface area contributed by atoms with Gasteiger partial charge in [0, 0.05) is 19.0 Å². The molecule has 3 nitrogen and oxygen atoms in total. The Balaban J connectivity index is 1.98. The summed E-state index contributed by atoms with van der Waals surface area (Å²) in [5, 5.41) is 1.02. The van der Waals surface area contributed by atoms with Crippen molar-refractivity contribution >= 4 is 23.0 Å². The molecule has 3 heteroatoms. The monoisotopic (exact) mass is 254 g/mol. The second kappa shape index (κ2) is 4.65. The van der Waals surface area contributed by atoms with Crippen molar-refractivity contribution in [2.75, 3.05) is 18.5 Å². The van der Waals surface area contributed by atoms with Gasteiger partial charge in [-0.25, -0.2) is 4.98 Å². The van der Waals surface area contributed by atoms with Gasteiger partial charge < -0.3 is 4.90 Å². The fourth-order valence-electron chi connectivity index (χ4n) is 2.61. The smallest absolute Gasteiger partial charge is 0.153 e. The third-order valence-corrected chi connectivity index (χ3v) is 4.01. The third kappa shape index (κ3) is 2.33. The average Bonchev–Trinajstić information content (AvgIpc) is 3.12. The van der Waals surface area contributed by atoms with Gasteiger partial charge in [0.2, 0.25) is 0 Å². The molecule has 2 unspecified atom stereocenters. The number of rotatable bonds is 4. The molecule has 1 aromatic carbocycles. The Bertz CT molecular complexity index is 623.